The van der Waals surface area contributed by atoms with Crippen molar-refractivity contribution in [3.63, 3.8) is 0 Å². The van der Waals surface area contributed by atoms with Crippen molar-refractivity contribution in [3.8, 4) is 34.1 Å². The van der Waals surface area contributed by atoms with Gasteiger partial charge in [0.25, 0.3) is 0 Å². The lowest BCUT2D eigenvalue weighted by atomic mass is 9.81. The summed E-state index contributed by atoms with van der Waals surface area (Å²) in [7, 11) is 1.69. The van der Waals surface area contributed by atoms with Crippen LogP contribution in [0.1, 0.15) is 116 Å². The van der Waals surface area contributed by atoms with Crippen LogP contribution in [0.25, 0.3) is 33.1 Å². The van der Waals surface area contributed by atoms with Crippen molar-refractivity contribution in [2.75, 3.05) is 14.2 Å². The van der Waals surface area contributed by atoms with Gasteiger partial charge < -0.3 is 28.1 Å². The number of phenols is 2. The summed E-state index contributed by atoms with van der Waals surface area (Å²) >= 11 is 21.1. The van der Waals surface area contributed by atoms with Crippen LogP contribution >= 0.6 is 58.3 Å². The average Bonchev–Trinajstić information content (AvgIpc) is 3.18. The van der Waals surface area contributed by atoms with Gasteiger partial charge in [-0.2, -0.15) is 0 Å². The van der Waals surface area contributed by atoms with Gasteiger partial charge in [0.15, 0.2) is 5.98 Å². The zero-order valence-corrected chi connectivity index (χ0v) is 40.4. The van der Waals surface area contributed by atoms with E-state index in [9.17, 15) is 10.2 Å². The molecule has 1 unspecified atom stereocenters. The Morgan fingerprint density at radius 2 is 0.839 bits per heavy atom. The summed E-state index contributed by atoms with van der Waals surface area (Å²) in [5.74, 6) is 0.657. The van der Waals surface area contributed by atoms with E-state index in [4.69, 9.17) is 62.8 Å². The summed E-state index contributed by atoms with van der Waals surface area (Å²) in [5.41, 5.74) is 8.20. The molecular weight excluding hydrogens is 828 g/mol. The summed E-state index contributed by atoms with van der Waals surface area (Å²) in [5, 5.41) is 23.8. The Kier molecular flexibility index (Phi) is 15.6. The van der Waals surface area contributed by atoms with E-state index in [1.165, 1.54) is 5.56 Å². The number of aromatic hydroxyl groups is 2. The minimum atomic E-state index is -1.61. The molecule has 0 radical (unpaired) electrons. The largest absolute Gasteiger partial charge is 0.507 e. The Morgan fingerprint density at radius 1 is 0.518 bits per heavy atom. The van der Waals surface area contributed by atoms with E-state index in [2.05, 4.69) is 81.4 Å². The van der Waals surface area contributed by atoms with Crippen LogP contribution in [0.5, 0.6) is 23.0 Å². The molecule has 0 aliphatic carbocycles. The molecule has 1 atom stereocenters. The lowest BCUT2D eigenvalue weighted by molar-refractivity contribution is 0.406. The van der Waals surface area contributed by atoms with Crippen LogP contribution in [0.3, 0.4) is 0 Å². The lowest BCUT2D eigenvalue weighted by Crippen LogP contribution is -2.13. The third kappa shape index (κ3) is 11.8. The van der Waals surface area contributed by atoms with Crippen LogP contribution in [0.4, 0.5) is 0 Å². The van der Waals surface area contributed by atoms with Crippen molar-refractivity contribution in [2.24, 2.45) is 0 Å². The maximum atomic E-state index is 10.9. The van der Waals surface area contributed by atoms with Crippen LogP contribution in [0.15, 0.2) is 56.9 Å². The molecule has 56 heavy (non-hydrogen) atoms. The first kappa shape index (κ1) is 47.9. The molecule has 0 amide bonds. The maximum absolute atomic E-state index is 10.9. The van der Waals surface area contributed by atoms with E-state index in [0.717, 1.165) is 55.5 Å². The second-order valence-corrected chi connectivity index (χ2v) is 24.7. The first-order valence-corrected chi connectivity index (χ1v) is 24.4. The quantitative estimate of drug-likeness (QED) is 0.176. The van der Waals surface area contributed by atoms with E-state index in [0.29, 0.717) is 16.9 Å². The van der Waals surface area contributed by atoms with Gasteiger partial charge in [-0.1, -0.05) is 129 Å². The van der Waals surface area contributed by atoms with E-state index in [-0.39, 0.29) is 33.2 Å². The summed E-state index contributed by atoms with van der Waals surface area (Å²) < 4.78 is 23.4. The highest BCUT2D eigenvalue weighted by Crippen LogP contribution is 2.51. The highest BCUT2D eigenvalue weighted by Gasteiger charge is 2.28. The van der Waals surface area contributed by atoms with Crippen LogP contribution in [0.2, 0.25) is 0 Å². The number of methoxy groups -OCH3 is 2. The minimum Gasteiger partial charge on any atom is -0.507 e. The number of ether oxygens (including phenoxy) is 2. The maximum Gasteiger partial charge on any atom is 0.327 e. The number of fused-ring (bicyclic) bond motifs is 3. The molecule has 0 saturated heterocycles. The molecule has 0 aliphatic heterocycles. The number of halogens is 4. The number of hydrogen-bond donors (Lipinski definition) is 2. The predicted molar refractivity (Wildman–Crippen MR) is 245 cm³/mol. The van der Waals surface area contributed by atoms with Crippen molar-refractivity contribution < 1.29 is 28.1 Å². The number of hydrogen-bond acceptors (Lipinski definition) is 6. The van der Waals surface area contributed by atoms with Crippen LogP contribution in [0, 0.1) is 13.8 Å². The van der Waals surface area contributed by atoms with Gasteiger partial charge in [-0.05, 0) is 83.0 Å². The van der Waals surface area contributed by atoms with Gasteiger partial charge in [-0.3, -0.25) is 0 Å². The smallest absolute Gasteiger partial charge is 0.327 e. The molecule has 5 aromatic rings. The van der Waals surface area contributed by atoms with Gasteiger partial charge in [0.2, 0.25) is 0 Å². The fourth-order valence-corrected chi connectivity index (χ4v) is 7.56. The molecule has 0 spiro atoms. The predicted octanol–water partition coefficient (Wildman–Crippen LogP) is 16.8. The standard InChI is InChI=1S/C22H28ClO3P.C22H30O3.Cl3P/c1-13-9-15-16-11-14(24-8)12-18(22(5,6)7)20(16)26-27(23)25-19(15)17(10-13)21(2,3)4;1-13-9-15(19(23)17(10-13)21(2,3)4)16-11-14(25-8)12-18(20(16)24)22(5,6)7;1-4(2)3/h9-12H,1-8H3;9-12,23-24H,1-8H3;. The van der Waals surface area contributed by atoms with Gasteiger partial charge in [-0.15, -0.1) is 0 Å². The van der Waals surface area contributed by atoms with Crippen molar-refractivity contribution in [3.05, 3.63) is 81.9 Å². The average molecular weight is 887 g/mol. The van der Waals surface area contributed by atoms with Gasteiger partial charge in [0.05, 0.1) is 14.2 Å². The van der Waals surface area contributed by atoms with Gasteiger partial charge in [0.1, 0.15) is 34.2 Å². The van der Waals surface area contributed by atoms with Crippen molar-refractivity contribution in [1.29, 1.82) is 0 Å². The molecule has 0 bridgehead atoms. The Labute approximate surface area is 355 Å². The van der Waals surface area contributed by atoms with E-state index >= 15 is 0 Å². The van der Waals surface area contributed by atoms with Gasteiger partial charge in [0, 0.05) is 55.4 Å². The fraction of sp³-hybridized carbons (Fsp3) is 0.455. The second kappa shape index (κ2) is 18.2. The van der Waals surface area contributed by atoms with E-state index in [1.807, 2.05) is 58.0 Å². The number of rotatable bonds is 3. The zero-order chi connectivity index (χ0) is 42.9. The van der Waals surface area contributed by atoms with Crippen molar-refractivity contribution in [2.45, 2.75) is 119 Å². The fourth-order valence-electron chi connectivity index (χ4n) is 6.43. The second-order valence-electron chi connectivity index (χ2n) is 18.1. The van der Waals surface area contributed by atoms with Crippen LogP contribution in [-0.2, 0) is 21.7 Å². The normalized spacial score (nSPS) is 12.6. The molecule has 12 heteroatoms. The van der Waals surface area contributed by atoms with Crippen molar-refractivity contribution in [1.82, 2.24) is 0 Å². The molecule has 5 rings (SSSR count). The highest BCUT2D eigenvalue weighted by atomic mass is 36.0. The van der Waals surface area contributed by atoms with E-state index < -0.39 is 13.3 Å². The summed E-state index contributed by atoms with van der Waals surface area (Å²) in [6.45, 7) is 29.5. The van der Waals surface area contributed by atoms with Gasteiger partial charge >= 0.3 is 7.37 Å². The Hall–Kier alpha value is -2.43. The molecule has 4 aromatic carbocycles. The van der Waals surface area contributed by atoms with Crippen molar-refractivity contribution >= 4 is 80.2 Å². The summed E-state index contributed by atoms with van der Waals surface area (Å²) in [6, 6.07) is 15.9. The summed E-state index contributed by atoms with van der Waals surface area (Å²) in [4.78, 5) is 0. The van der Waals surface area contributed by atoms with E-state index in [1.54, 1.807) is 20.3 Å². The first-order chi connectivity index (χ1) is 25.5. The minimum absolute atomic E-state index is 0.0839. The molecule has 308 valence electrons. The molecule has 0 aliphatic rings. The van der Waals surface area contributed by atoms with Crippen LogP contribution in [-0.4, -0.2) is 24.4 Å². The van der Waals surface area contributed by atoms with Gasteiger partial charge in [-0.25, -0.2) is 0 Å². The Bertz CT molecular complexity index is 2220. The molecular formula is C44H58Cl4O6P2. The number of phenolic OH excluding ortho intramolecular Hbond substituents is 2. The third-order valence-electron chi connectivity index (χ3n) is 9.24. The SMILES string of the molecule is COc1cc(-c2cc(C)cc(C(C)(C)C)c2O)c(O)c(C(C)(C)C)c1.COc1cc(C(C)(C)C)c2op(Cl)oc3c(C(C)(C)C)cc(C)cc3c2c1.ClP(Cl)Cl. The molecule has 2 N–H and O–H groups in total. The number of benzene rings is 4. The van der Waals surface area contributed by atoms with Crippen LogP contribution < -0.4 is 9.47 Å². The molecule has 0 saturated carbocycles. The molecule has 1 heterocycles. The number of aryl methyl sites for hydroxylation is 2. The Morgan fingerprint density at radius 3 is 1.27 bits per heavy atom. The molecule has 0 fully saturated rings. The topological polar surface area (TPSA) is 85.2 Å². The third-order valence-corrected chi connectivity index (χ3v) is 10.3. The monoisotopic (exact) mass is 884 g/mol. The summed E-state index contributed by atoms with van der Waals surface area (Å²) in [6.07, 6.45) is 0. The highest BCUT2D eigenvalue weighted by molar-refractivity contribution is 8.20. The molecule has 1 aromatic heterocycles. The Balaban J connectivity index is 0.000000275. The zero-order valence-electron chi connectivity index (χ0n) is 35.6. The lowest BCUT2D eigenvalue weighted by Gasteiger charge is -2.26. The molecule has 6 nitrogen and oxygen atoms in total. The first-order valence-electron chi connectivity index (χ1n) is 18.2.